The van der Waals surface area contributed by atoms with Gasteiger partial charge in [0, 0.05) is 12.6 Å². The molecule has 0 spiro atoms. The van der Waals surface area contributed by atoms with Crippen molar-refractivity contribution in [2.75, 3.05) is 13.2 Å². The van der Waals surface area contributed by atoms with Crippen molar-refractivity contribution in [3.8, 4) is 6.07 Å². The average molecular weight is 314 g/mol. The summed E-state index contributed by atoms with van der Waals surface area (Å²) in [6.07, 6.45) is 4.87. The van der Waals surface area contributed by atoms with Crippen LogP contribution in [0.15, 0.2) is 16.3 Å². The molecule has 0 amide bonds. The summed E-state index contributed by atoms with van der Waals surface area (Å²) < 4.78 is 26.9. The van der Waals surface area contributed by atoms with Crippen LogP contribution < -0.4 is 0 Å². The van der Waals surface area contributed by atoms with Crippen molar-refractivity contribution in [3.63, 3.8) is 0 Å². The molecule has 1 aliphatic rings. The van der Waals surface area contributed by atoms with Gasteiger partial charge >= 0.3 is 0 Å². The second kappa shape index (κ2) is 6.68. The van der Waals surface area contributed by atoms with Crippen molar-refractivity contribution in [3.05, 3.63) is 17.0 Å². The van der Waals surface area contributed by atoms with Gasteiger partial charge in [0.1, 0.15) is 15.2 Å². The third-order valence-corrected chi connectivity index (χ3v) is 6.97. The molecule has 2 rings (SSSR count). The van der Waals surface area contributed by atoms with Crippen LogP contribution in [0.1, 0.15) is 37.0 Å². The molecular formula is C13H18N2O3S2. The zero-order valence-electron chi connectivity index (χ0n) is 11.2. The molecule has 1 heterocycles. The molecule has 110 valence electrons. The average Bonchev–Trinajstić information content (AvgIpc) is 2.95. The third kappa shape index (κ3) is 3.20. The van der Waals surface area contributed by atoms with Crippen LogP contribution in [0, 0.1) is 11.3 Å². The Kier molecular flexibility index (Phi) is 5.16. The summed E-state index contributed by atoms with van der Waals surface area (Å²) in [6, 6.07) is 4.92. The van der Waals surface area contributed by atoms with E-state index in [2.05, 4.69) is 0 Å². The molecule has 1 saturated carbocycles. The molecule has 0 aliphatic heterocycles. The monoisotopic (exact) mass is 314 g/mol. The molecule has 1 fully saturated rings. The van der Waals surface area contributed by atoms with E-state index in [0.29, 0.717) is 4.88 Å². The predicted octanol–water partition coefficient (Wildman–Crippen LogP) is 1.94. The molecule has 0 aromatic carbocycles. The lowest BCUT2D eigenvalue weighted by Crippen LogP contribution is -2.42. The molecule has 0 atom stereocenters. The minimum Gasteiger partial charge on any atom is -0.395 e. The van der Waals surface area contributed by atoms with Crippen LogP contribution >= 0.6 is 11.3 Å². The van der Waals surface area contributed by atoms with Gasteiger partial charge in [0.2, 0.25) is 0 Å². The van der Waals surface area contributed by atoms with Crippen molar-refractivity contribution in [2.24, 2.45) is 0 Å². The zero-order valence-corrected chi connectivity index (χ0v) is 12.8. The maximum atomic E-state index is 12.7. The number of sulfonamides is 1. The smallest absolute Gasteiger partial charge is 0.252 e. The number of nitriles is 1. The number of hydrogen-bond donors (Lipinski definition) is 1. The minimum absolute atomic E-state index is 0.0338. The molecular weight excluding hydrogens is 296 g/mol. The molecule has 0 unspecified atom stereocenters. The molecule has 1 aliphatic carbocycles. The second-order valence-electron chi connectivity index (χ2n) is 4.86. The molecule has 1 N–H and O–H groups in total. The number of rotatable bonds is 5. The van der Waals surface area contributed by atoms with Crippen LogP contribution in [0.3, 0.4) is 0 Å². The lowest BCUT2D eigenvalue weighted by atomic mass is 9.95. The summed E-state index contributed by atoms with van der Waals surface area (Å²) in [5, 5.41) is 18.0. The molecule has 1 aromatic rings. The highest BCUT2D eigenvalue weighted by Gasteiger charge is 2.32. The number of aliphatic hydroxyl groups is 1. The van der Waals surface area contributed by atoms with E-state index in [0.717, 1.165) is 43.4 Å². The predicted molar refractivity (Wildman–Crippen MR) is 76.9 cm³/mol. The van der Waals surface area contributed by atoms with Crippen molar-refractivity contribution in [2.45, 2.75) is 42.4 Å². The number of thiophene rings is 1. The molecule has 7 heteroatoms. The first-order valence-electron chi connectivity index (χ1n) is 6.72. The lowest BCUT2D eigenvalue weighted by Gasteiger charge is -2.32. The molecule has 0 radical (unpaired) electrons. The Morgan fingerprint density at radius 2 is 2.05 bits per heavy atom. The highest BCUT2D eigenvalue weighted by Crippen LogP contribution is 2.30. The largest absolute Gasteiger partial charge is 0.395 e. The molecule has 5 nitrogen and oxygen atoms in total. The fourth-order valence-corrected chi connectivity index (χ4v) is 5.51. The Bertz CT molecular complexity index is 583. The fourth-order valence-electron chi connectivity index (χ4n) is 2.60. The van der Waals surface area contributed by atoms with Gasteiger partial charge in [0.15, 0.2) is 0 Å². The first kappa shape index (κ1) is 15.4. The van der Waals surface area contributed by atoms with Crippen molar-refractivity contribution in [1.82, 2.24) is 4.31 Å². The van der Waals surface area contributed by atoms with Crippen LogP contribution in [-0.2, 0) is 10.0 Å². The maximum Gasteiger partial charge on any atom is 0.252 e. The van der Waals surface area contributed by atoms with Crippen LogP contribution in [0.2, 0.25) is 0 Å². The Hall–Kier alpha value is -0.940. The molecule has 20 heavy (non-hydrogen) atoms. The van der Waals surface area contributed by atoms with Crippen molar-refractivity contribution >= 4 is 21.4 Å². The van der Waals surface area contributed by atoms with Gasteiger partial charge < -0.3 is 5.11 Å². The summed E-state index contributed by atoms with van der Waals surface area (Å²) >= 11 is 0.986. The highest BCUT2D eigenvalue weighted by atomic mass is 32.2. The fraction of sp³-hybridized carbons (Fsp3) is 0.615. The van der Waals surface area contributed by atoms with Crippen molar-refractivity contribution in [1.29, 1.82) is 5.26 Å². The standard InChI is InChI=1S/C13H18N2O3S2/c14-10-12-6-7-13(19-12)20(17,18)15(8-9-16)11-4-2-1-3-5-11/h6-7,11,16H,1-5,8-9H2. The van der Waals surface area contributed by atoms with Gasteiger partial charge in [-0.05, 0) is 25.0 Å². The van der Waals surface area contributed by atoms with Crippen molar-refractivity contribution < 1.29 is 13.5 Å². The van der Waals surface area contributed by atoms with Gasteiger partial charge in [0.05, 0.1) is 6.61 Å². The van der Waals surface area contributed by atoms with E-state index in [1.807, 2.05) is 6.07 Å². The van der Waals surface area contributed by atoms with Crippen LogP contribution in [0.5, 0.6) is 0 Å². The number of aliphatic hydroxyl groups excluding tert-OH is 1. The summed E-state index contributed by atoms with van der Waals surface area (Å²) in [5.41, 5.74) is 0. The van der Waals surface area contributed by atoms with E-state index < -0.39 is 10.0 Å². The zero-order chi connectivity index (χ0) is 14.6. The lowest BCUT2D eigenvalue weighted by molar-refractivity contribution is 0.199. The molecule has 1 aromatic heterocycles. The number of hydrogen-bond acceptors (Lipinski definition) is 5. The van der Waals surface area contributed by atoms with Gasteiger partial charge in [-0.25, -0.2) is 8.42 Å². The van der Waals surface area contributed by atoms with Gasteiger partial charge in [-0.3, -0.25) is 0 Å². The summed E-state index contributed by atoms with van der Waals surface area (Å²) in [5.74, 6) is 0. The topological polar surface area (TPSA) is 81.4 Å². The van der Waals surface area contributed by atoms with E-state index in [9.17, 15) is 13.5 Å². The van der Waals surface area contributed by atoms with Crippen LogP contribution in [0.25, 0.3) is 0 Å². The van der Waals surface area contributed by atoms with E-state index in [-0.39, 0.29) is 23.4 Å². The van der Waals surface area contributed by atoms with E-state index in [4.69, 9.17) is 5.26 Å². The van der Waals surface area contributed by atoms with E-state index in [1.54, 1.807) is 0 Å². The maximum absolute atomic E-state index is 12.7. The SMILES string of the molecule is N#Cc1ccc(S(=O)(=O)N(CCO)C2CCCCC2)s1. The van der Waals surface area contributed by atoms with Gasteiger partial charge in [-0.1, -0.05) is 19.3 Å². The van der Waals surface area contributed by atoms with Gasteiger partial charge in [0.25, 0.3) is 10.0 Å². The van der Waals surface area contributed by atoms with Crippen LogP contribution in [0.4, 0.5) is 0 Å². The Labute approximate surface area is 123 Å². The summed E-state index contributed by atoms with van der Waals surface area (Å²) in [4.78, 5) is 0.385. The van der Waals surface area contributed by atoms with Gasteiger partial charge in [-0.15, -0.1) is 11.3 Å². The Morgan fingerprint density at radius 1 is 1.35 bits per heavy atom. The van der Waals surface area contributed by atoms with E-state index in [1.165, 1.54) is 16.4 Å². The number of nitrogens with zero attached hydrogens (tertiary/aromatic N) is 2. The minimum atomic E-state index is -3.61. The first-order chi connectivity index (χ1) is 9.59. The highest BCUT2D eigenvalue weighted by molar-refractivity contribution is 7.91. The second-order valence-corrected chi connectivity index (χ2v) is 8.06. The van der Waals surface area contributed by atoms with Gasteiger partial charge in [-0.2, -0.15) is 9.57 Å². The molecule has 0 bridgehead atoms. The Morgan fingerprint density at radius 3 is 2.60 bits per heavy atom. The normalized spacial score (nSPS) is 17.2. The van der Waals surface area contributed by atoms with E-state index >= 15 is 0 Å². The summed E-state index contributed by atoms with van der Waals surface area (Å²) in [7, 11) is -3.61. The quantitative estimate of drug-likeness (QED) is 0.900. The Balaban J connectivity index is 2.28. The first-order valence-corrected chi connectivity index (χ1v) is 8.98. The molecule has 0 saturated heterocycles. The third-order valence-electron chi connectivity index (χ3n) is 3.56. The van der Waals surface area contributed by atoms with Crippen LogP contribution in [-0.4, -0.2) is 37.0 Å². The summed E-state index contributed by atoms with van der Waals surface area (Å²) in [6.45, 7) is -0.0704.